The molecule has 11 heteroatoms. The highest BCUT2D eigenvalue weighted by molar-refractivity contribution is 8.00. The number of aliphatic hydroxyl groups is 1. The van der Waals surface area contributed by atoms with Gasteiger partial charge in [0.1, 0.15) is 0 Å². The predicted octanol–water partition coefficient (Wildman–Crippen LogP) is 2.49. The number of amides is 2. The van der Waals surface area contributed by atoms with Gasteiger partial charge in [-0.1, -0.05) is 0 Å². The lowest BCUT2D eigenvalue weighted by atomic mass is 9.91. The van der Waals surface area contributed by atoms with Gasteiger partial charge in [-0.25, -0.2) is 13.1 Å². The molecule has 1 aliphatic carbocycles. The van der Waals surface area contributed by atoms with Crippen LogP contribution in [0, 0.1) is 0 Å². The highest BCUT2D eigenvalue weighted by Gasteiger charge is 2.30. The zero-order valence-corrected chi connectivity index (χ0v) is 20.3. The van der Waals surface area contributed by atoms with Crippen LogP contribution in [0.1, 0.15) is 79.8 Å². The summed E-state index contributed by atoms with van der Waals surface area (Å²) in [7, 11) is -3.39. The molecule has 1 atom stereocenters. The maximum atomic E-state index is 12.6. The molecule has 1 aliphatic rings. The number of thiophene rings is 1. The van der Waals surface area contributed by atoms with Gasteiger partial charge in [-0.2, -0.15) is 0 Å². The van der Waals surface area contributed by atoms with E-state index in [0.717, 1.165) is 28.2 Å². The smallest absolute Gasteiger partial charge is 0.280 e. The number of carbonyl (C=O) groups excluding carboxylic acids is 2. The third-order valence-electron chi connectivity index (χ3n) is 4.89. The lowest BCUT2D eigenvalue weighted by Crippen LogP contribution is -2.41. The van der Waals surface area contributed by atoms with Crippen LogP contribution in [0.2, 0.25) is 0 Å². The van der Waals surface area contributed by atoms with Gasteiger partial charge in [-0.3, -0.25) is 20.4 Å². The second kappa shape index (κ2) is 10.4. The Morgan fingerprint density at radius 3 is 2.57 bits per heavy atom. The van der Waals surface area contributed by atoms with Gasteiger partial charge in [0, 0.05) is 18.5 Å². The van der Waals surface area contributed by atoms with Crippen molar-refractivity contribution in [2.24, 2.45) is 0 Å². The fourth-order valence-electron chi connectivity index (χ4n) is 3.07. The quantitative estimate of drug-likeness (QED) is 0.259. The van der Waals surface area contributed by atoms with Crippen molar-refractivity contribution in [1.29, 1.82) is 0 Å². The number of unbranched alkanes of at least 4 members (excludes halogenated alkanes) is 1. The van der Waals surface area contributed by atoms with E-state index in [9.17, 15) is 23.1 Å². The summed E-state index contributed by atoms with van der Waals surface area (Å²) < 4.78 is 26.5. The zero-order chi connectivity index (χ0) is 22.5. The average Bonchev–Trinajstić information content (AvgIpc) is 3.05. The van der Waals surface area contributed by atoms with Crippen LogP contribution in [0.15, 0.2) is 4.21 Å². The van der Waals surface area contributed by atoms with Crippen LogP contribution in [0.5, 0.6) is 0 Å². The van der Waals surface area contributed by atoms with Gasteiger partial charge >= 0.3 is 0 Å². The second-order valence-corrected chi connectivity index (χ2v) is 12.8. The molecule has 1 aromatic rings. The molecule has 0 saturated heterocycles. The molecule has 1 aromatic heterocycles. The maximum absolute atomic E-state index is 12.6. The Labute approximate surface area is 186 Å². The largest absolute Gasteiger partial charge is 0.388 e. The summed E-state index contributed by atoms with van der Waals surface area (Å²) in [5, 5.41) is 10.3. The minimum atomic E-state index is -3.39. The average molecular weight is 478 g/mol. The highest BCUT2D eigenvalue weighted by atomic mass is 32.2. The van der Waals surface area contributed by atoms with Crippen molar-refractivity contribution >= 4 is 44.9 Å². The van der Waals surface area contributed by atoms with Crippen molar-refractivity contribution in [3.63, 3.8) is 0 Å². The van der Waals surface area contributed by atoms with Crippen LogP contribution >= 0.6 is 23.1 Å². The number of hydrogen-bond donors (Lipinski definition) is 4. The molecule has 0 aromatic carbocycles. The van der Waals surface area contributed by atoms with Gasteiger partial charge in [0.2, 0.25) is 15.9 Å². The number of nitrogens with one attached hydrogen (secondary N) is 3. The Bertz CT molecular complexity index is 875. The Balaban J connectivity index is 1.79. The molecule has 0 fully saturated rings. The third kappa shape index (κ3) is 6.19. The molecule has 0 bridgehead atoms. The van der Waals surface area contributed by atoms with Crippen LogP contribution < -0.4 is 15.6 Å². The molecule has 1 heterocycles. The van der Waals surface area contributed by atoms with Gasteiger partial charge in [-0.15, -0.1) is 23.1 Å². The first kappa shape index (κ1) is 25.1. The number of sulfonamides is 1. The topological polar surface area (TPSA) is 125 Å². The van der Waals surface area contributed by atoms with Gasteiger partial charge < -0.3 is 5.11 Å². The van der Waals surface area contributed by atoms with Crippen LogP contribution in [-0.2, 0) is 21.2 Å². The van der Waals surface area contributed by atoms with Crippen LogP contribution in [0.25, 0.3) is 0 Å². The maximum Gasteiger partial charge on any atom is 0.280 e. The number of hydrazine groups is 1. The Hall–Kier alpha value is -1.14. The van der Waals surface area contributed by atoms with E-state index >= 15 is 0 Å². The van der Waals surface area contributed by atoms with Crippen molar-refractivity contribution < 1.29 is 23.1 Å². The first-order valence-corrected chi connectivity index (χ1v) is 13.5. The first-order valence-electron chi connectivity index (χ1n) is 9.94. The summed E-state index contributed by atoms with van der Waals surface area (Å²) in [5.74, 6) is -0.713. The number of hydrogen-bond acceptors (Lipinski definition) is 7. The number of thioether (sulfide) groups is 1. The van der Waals surface area contributed by atoms with E-state index in [1.807, 2.05) is 6.26 Å². The number of aliphatic hydroxyl groups excluding tert-OH is 1. The highest BCUT2D eigenvalue weighted by Crippen LogP contribution is 2.43. The van der Waals surface area contributed by atoms with Gasteiger partial charge in [-0.05, 0) is 64.7 Å². The SMILES string of the molecule is CSc1sc(C(=O)NNC(=O)CCCCNS(=O)(=O)C(C)(C)C)c2c1C(O)CCC2. The molecule has 4 N–H and O–H groups in total. The second-order valence-electron chi connectivity index (χ2n) is 8.19. The summed E-state index contributed by atoms with van der Waals surface area (Å²) in [5.41, 5.74) is 6.60. The Kier molecular flexibility index (Phi) is 8.75. The summed E-state index contributed by atoms with van der Waals surface area (Å²) in [4.78, 5) is 25.1. The Morgan fingerprint density at radius 1 is 1.23 bits per heavy atom. The fourth-order valence-corrected chi connectivity index (χ4v) is 6.01. The van der Waals surface area contributed by atoms with Gasteiger partial charge in [0.15, 0.2) is 0 Å². The number of rotatable bonds is 8. The summed E-state index contributed by atoms with van der Waals surface area (Å²) in [6.45, 7) is 5.14. The summed E-state index contributed by atoms with van der Waals surface area (Å²) >= 11 is 2.85. The van der Waals surface area contributed by atoms with E-state index in [0.29, 0.717) is 24.1 Å². The molecule has 0 saturated carbocycles. The van der Waals surface area contributed by atoms with Crippen molar-refractivity contribution in [1.82, 2.24) is 15.6 Å². The number of carbonyl (C=O) groups is 2. The van der Waals surface area contributed by atoms with Gasteiger partial charge in [0.05, 0.1) is 19.9 Å². The molecule has 170 valence electrons. The molecule has 2 amide bonds. The van der Waals surface area contributed by atoms with Crippen molar-refractivity contribution in [2.45, 2.75) is 74.4 Å². The van der Waals surface area contributed by atoms with E-state index < -0.39 is 20.9 Å². The lowest BCUT2D eigenvalue weighted by molar-refractivity contribution is -0.121. The van der Waals surface area contributed by atoms with E-state index in [4.69, 9.17) is 0 Å². The van der Waals surface area contributed by atoms with E-state index in [1.54, 1.807) is 20.8 Å². The number of fused-ring (bicyclic) bond motifs is 1. The molecule has 8 nitrogen and oxygen atoms in total. The molecule has 2 rings (SSSR count). The molecule has 0 radical (unpaired) electrons. The van der Waals surface area contributed by atoms with Crippen molar-refractivity contribution in [3.05, 3.63) is 16.0 Å². The third-order valence-corrected chi connectivity index (χ3v) is 9.47. The normalized spacial score (nSPS) is 16.8. The monoisotopic (exact) mass is 477 g/mol. The molecular weight excluding hydrogens is 446 g/mol. The van der Waals surface area contributed by atoms with Crippen molar-refractivity contribution in [2.75, 3.05) is 12.8 Å². The standard InChI is InChI=1S/C19H31N3O5S3/c1-19(2,3)30(26,27)20-11-6-5-10-14(24)21-22-17(25)16-12-8-7-9-13(23)15(12)18(28-4)29-16/h13,20,23H,5-11H2,1-4H3,(H,21,24)(H,22,25). The minimum Gasteiger partial charge on any atom is -0.388 e. The van der Waals surface area contributed by atoms with Gasteiger partial charge in [0.25, 0.3) is 5.91 Å². The Morgan fingerprint density at radius 2 is 1.93 bits per heavy atom. The fraction of sp³-hybridized carbons (Fsp3) is 0.684. The molecule has 1 unspecified atom stereocenters. The zero-order valence-electron chi connectivity index (χ0n) is 17.8. The summed E-state index contributed by atoms with van der Waals surface area (Å²) in [6, 6.07) is 0. The van der Waals surface area contributed by atoms with Crippen LogP contribution in [0.4, 0.5) is 0 Å². The van der Waals surface area contributed by atoms with Crippen molar-refractivity contribution in [3.8, 4) is 0 Å². The molecule has 0 aliphatic heterocycles. The molecule has 0 spiro atoms. The summed E-state index contributed by atoms with van der Waals surface area (Å²) in [6.07, 6.45) is 4.82. The van der Waals surface area contributed by atoms with Crippen LogP contribution in [0.3, 0.4) is 0 Å². The minimum absolute atomic E-state index is 0.175. The van der Waals surface area contributed by atoms with E-state index in [2.05, 4.69) is 15.6 Å². The van der Waals surface area contributed by atoms with E-state index in [1.165, 1.54) is 23.1 Å². The lowest BCUT2D eigenvalue weighted by Gasteiger charge is -2.19. The predicted molar refractivity (Wildman–Crippen MR) is 120 cm³/mol. The first-order chi connectivity index (χ1) is 14.0. The van der Waals surface area contributed by atoms with E-state index in [-0.39, 0.29) is 24.8 Å². The van der Waals surface area contributed by atoms with Crippen LogP contribution in [-0.4, -0.2) is 42.9 Å². The molecule has 30 heavy (non-hydrogen) atoms. The molecular formula is C19H31N3O5S3.